The highest BCUT2D eigenvalue weighted by atomic mass is 35.5. The molecular weight excluding hydrogens is 544 g/mol. The predicted octanol–water partition coefficient (Wildman–Crippen LogP) is 5.26. The molecule has 1 fully saturated rings. The summed E-state index contributed by atoms with van der Waals surface area (Å²) in [7, 11) is -2.89. The second kappa shape index (κ2) is 10.6. The Labute approximate surface area is 220 Å². The van der Waals surface area contributed by atoms with E-state index >= 15 is 0 Å². The summed E-state index contributed by atoms with van der Waals surface area (Å²) in [5, 5.41) is 11.0. The van der Waals surface area contributed by atoms with Crippen molar-refractivity contribution in [3.05, 3.63) is 97.9 Å². The van der Waals surface area contributed by atoms with Crippen molar-refractivity contribution < 1.29 is 31.9 Å². The number of hydrogen-bond acceptors (Lipinski definition) is 9. The van der Waals surface area contributed by atoms with Crippen LogP contribution in [0.3, 0.4) is 0 Å². The first kappa shape index (κ1) is 26.2. The van der Waals surface area contributed by atoms with E-state index in [0.717, 1.165) is 4.90 Å². The number of para-hydroxylation sites is 1. The Bertz CT molecular complexity index is 1540. The number of nitrogens with zero attached hydrogens (tertiary/aromatic N) is 2. The van der Waals surface area contributed by atoms with Crippen LogP contribution in [0.15, 0.2) is 76.5 Å². The fraction of sp³-hybridized carbons (Fsp3) is 0.0833. The third kappa shape index (κ3) is 5.77. The minimum atomic E-state index is -4.23. The Morgan fingerprint density at radius 3 is 2.43 bits per heavy atom. The number of carbonyl (C=O) groups excluding carboxylic acids is 2. The highest BCUT2D eigenvalue weighted by Gasteiger charge is 2.36. The van der Waals surface area contributed by atoms with Gasteiger partial charge in [0.05, 0.1) is 23.5 Å². The first-order valence-corrected chi connectivity index (χ1v) is 13.0. The zero-order chi connectivity index (χ0) is 26.7. The average Bonchev–Trinajstić information content (AvgIpc) is 3.11. The van der Waals surface area contributed by atoms with Gasteiger partial charge >= 0.3 is 10.1 Å². The van der Waals surface area contributed by atoms with Gasteiger partial charge in [0.15, 0.2) is 11.5 Å². The van der Waals surface area contributed by atoms with Gasteiger partial charge in [-0.15, -0.1) is 0 Å². The third-order valence-electron chi connectivity index (χ3n) is 5.18. The van der Waals surface area contributed by atoms with Gasteiger partial charge in [0, 0.05) is 16.7 Å². The first-order chi connectivity index (χ1) is 17.6. The topological polar surface area (TPSA) is 133 Å². The number of hydrogen-bond donors (Lipinski definition) is 0. The SMILES string of the molecule is COc1ccc(/C=C2\SC(=O)N(Cc3ccccc3[N+](=O)[O-])C2=O)cc1OS(=O)(=O)c1ccc(Cl)cc1. The minimum absolute atomic E-state index is 0.0558. The van der Waals surface area contributed by atoms with Gasteiger partial charge in [-0.1, -0.05) is 35.9 Å². The molecule has 1 saturated heterocycles. The molecule has 0 N–H and O–H groups in total. The number of carbonyl (C=O) groups is 2. The van der Waals surface area contributed by atoms with Crippen molar-refractivity contribution in [1.29, 1.82) is 0 Å². The molecule has 190 valence electrons. The van der Waals surface area contributed by atoms with Crippen LogP contribution < -0.4 is 8.92 Å². The summed E-state index contributed by atoms with van der Waals surface area (Å²) in [6.07, 6.45) is 1.39. The van der Waals surface area contributed by atoms with E-state index in [2.05, 4.69) is 0 Å². The predicted molar refractivity (Wildman–Crippen MR) is 137 cm³/mol. The smallest absolute Gasteiger partial charge is 0.339 e. The van der Waals surface area contributed by atoms with Gasteiger partial charge in [-0.2, -0.15) is 8.42 Å². The lowest BCUT2D eigenvalue weighted by molar-refractivity contribution is -0.385. The van der Waals surface area contributed by atoms with Crippen molar-refractivity contribution in [3.8, 4) is 11.5 Å². The van der Waals surface area contributed by atoms with E-state index in [4.69, 9.17) is 20.5 Å². The Hall–Kier alpha value is -3.87. The van der Waals surface area contributed by atoms with E-state index in [9.17, 15) is 28.1 Å². The number of thioether (sulfide) groups is 1. The molecular formula is C24H17ClN2O8S2. The number of nitro groups is 1. The molecule has 37 heavy (non-hydrogen) atoms. The van der Waals surface area contributed by atoms with Crippen LogP contribution in [-0.2, 0) is 21.5 Å². The zero-order valence-electron chi connectivity index (χ0n) is 19.0. The Kier molecular flexibility index (Phi) is 7.52. The van der Waals surface area contributed by atoms with Crippen LogP contribution in [-0.4, -0.2) is 36.5 Å². The van der Waals surface area contributed by atoms with Gasteiger partial charge in [0.25, 0.3) is 16.8 Å². The molecule has 1 aliphatic rings. The largest absolute Gasteiger partial charge is 0.493 e. The van der Waals surface area contributed by atoms with Crippen LogP contribution in [0.25, 0.3) is 6.08 Å². The lowest BCUT2D eigenvalue weighted by Gasteiger charge is -2.13. The standard InChI is InChI=1S/C24H17ClN2O8S2/c1-34-20-11-6-15(12-21(20)35-37(32,33)18-9-7-17(25)8-10-18)13-22-23(28)26(24(29)36-22)14-16-4-2-3-5-19(16)27(30)31/h2-13H,14H2,1H3/b22-13-. The van der Waals surface area contributed by atoms with Crippen molar-refractivity contribution in [3.63, 3.8) is 0 Å². The van der Waals surface area contributed by atoms with E-state index in [1.807, 2.05) is 0 Å². The second-order valence-electron chi connectivity index (χ2n) is 7.56. The number of halogens is 1. The number of imide groups is 1. The number of methoxy groups -OCH3 is 1. The quantitative estimate of drug-likeness (QED) is 0.156. The molecule has 10 nitrogen and oxygen atoms in total. The van der Waals surface area contributed by atoms with Gasteiger partial charge < -0.3 is 8.92 Å². The highest BCUT2D eigenvalue weighted by molar-refractivity contribution is 8.18. The summed E-state index contributed by atoms with van der Waals surface area (Å²) in [5.74, 6) is -0.648. The maximum absolute atomic E-state index is 12.9. The number of rotatable bonds is 8. The summed E-state index contributed by atoms with van der Waals surface area (Å²) < 4.78 is 35.9. The van der Waals surface area contributed by atoms with Crippen LogP contribution in [0.5, 0.6) is 11.5 Å². The minimum Gasteiger partial charge on any atom is -0.493 e. The number of amides is 2. The lowest BCUT2D eigenvalue weighted by Crippen LogP contribution is -2.27. The molecule has 0 aliphatic carbocycles. The maximum atomic E-state index is 12.9. The molecule has 0 saturated carbocycles. The molecule has 0 atom stereocenters. The first-order valence-electron chi connectivity index (χ1n) is 10.4. The average molecular weight is 561 g/mol. The molecule has 0 unspecified atom stereocenters. The highest BCUT2D eigenvalue weighted by Crippen LogP contribution is 2.37. The molecule has 0 radical (unpaired) electrons. The number of ether oxygens (including phenoxy) is 1. The fourth-order valence-corrected chi connectivity index (χ4v) is 5.29. The van der Waals surface area contributed by atoms with E-state index in [-0.39, 0.29) is 39.1 Å². The Balaban J connectivity index is 1.60. The molecule has 4 rings (SSSR count). The van der Waals surface area contributed by atoms with Gasteiger partial charge in [-0.3, -0.25) is 24.6 Å². The summed E-state index contributed by atoms with van der Waals surface area (Å²) in [6.45, 7) is -0.268. The molecule has 1 heterocycles. The van der Waals surface area contributed by atoms with Crippen LogP contribution >= 0.6 is 23.4 Å². The monoisotopic (exact) mass is 560 g/mol. The molecule has 3 aromatic rings. The molecule has 0 spiro atoms. The lowest BCUT2D eigenvalue weighted by atomic mass is 10.1. The van der Waals surface area contributed by atoms with Crippen LogP contribution in [0.4, 0.5) is 10.5 Å². The molecule has 13 heteroatoms. The molecule has 3 aromatic carbocycles. The van der Waals surface area contributed by atoms with E-state index < -0.39 is 26.2 Å². The van der Waals surface area contributed by atoms with Gasteiger partial charge in [-0.25, -0.2) is 0 Å². The van der Waals surface area contributed by atoms with Crippen molar-refractivity contribution in [2.24, 2.45) is 0 Å². The molecule has 1 aliphatic heterocycles. The van der Waals surface area contributed by atoms with Gasteiger partial charge in [0.2, 0.25) is 0 Å². The van der Waals surface area contributed by atoms with Crippen LogP contribution in [0.1, 0.15) is 11.1 Å². The maximum Gasteiger partial charge on any atom is 0.339 e. The Morgan fingerprint density at radius 1 is 1.05 bits per heavy atom. The Morgan fingerprint density at radius 2 is 1.76 bits per heavy atom. The fourth-order valence-electron chi connectivity index (χ4n) is 3.40. The van der Waals surface area contributed by atoms with E-state index in [1.165, 1.54) is 67.8 Å². The zero-order valence-corrected chi connectivity index (χ0v) is 21.4. The summed E-state index contributed by atoms with van der Waals surface area (Å²) in [6, 6.07) is 15.6. The summed E-state index contributed by atoms with van der Waals surface area (Å²) in [4.78, 5) is 37.0. The van der Waals surface area contributed by atoms with Crippen molar-refractivity contribution >= 4 is 56.4 Å². The van der Waals surface area contributed by atoms with Gasteiger partial charge in [0.1, 0.15) is 4.90 Å². The van der Waals surface area contributed by atoms with Gasteiger partial charge in [-0.05, 0) is 59.8 Å². The second-order valence-corrected chi connectivity index (χ2v) is 10.5. The van der Waals surface area contributed by atoms with Crippen molar-refractivity contribution in [2.45, 2.75) is 11.4 Å². The summed E-state index contributed by atoms with van der Waals surface area (Å²) >= 11 is 6.48. The van der Waals surface area contributed by atoms with Crippen LogP contribution in [0, 0.1) is 10.1 Å². The van der Waals surface area contributed by atoms with Crippen molar-refractivity contribution in [2.75, 3.05) is 7.11 Å². The third-order valence-corrected chi connectivity index (χ3v) is 7.59. The molecule has 2 amide bonds. The number of benzene rings is 3. The number of nitro benzene ring substituents is 1. The molecule has 0 bridgehead atoms. The van der Waals surface area contributed by atoms with E-state index in [0.29, 0.717) is 22.3 Å². The molecule has 0 aromatic heterocycles. The normalized spacial score (nSPS) is 14.8. The van der Waals surface area contributed by atoms with Crippen molar-refractivity contribution in [1.82, 2.24) is 4.90 Å². The van der Waals surface area contributed by atoms with E-state index in [1.54, 1.807) is 12.1 Å². The van der Waals surface area contributed by atoms with Crippen LogP contribution in [0.2, 0.25) is 5.02 Å². The summed E-state index contributed by atoms with van der Waals surface area (Å²) in [5.41, 5.74) is 0.367.